The van der Waals surface area contributed by atoms with Gasteiger partial charge in [-0.2, -0.15) is 0 Å². The van der Waals surface area contributed by atoms with Crippen LogP contribution in [0.25, 0.3) is 0 Å². The van der Waals surface area contributed by atoms with E-state index in [1.165, 1.54) is 5.56 Å². The Hall–Kier alpha value is -2.29. The summed E-state index contributed by atoms with van der Waals surface area (Å²) >= 11 is 0. The third kappa shape index (κ3) is 6.26. The molecular weight excluding hydrogens is 312 g/mol. The van der Waals surface area contributed by atoms with E-state index in [4.69, 9.17) is 9.47 Å². The lowest BCUT2D eigenvalue weighted by Gasteiger charge is -2.09. The summed E-state index contributed by atoms with van der Waals surface area (Å²) in [6, 6.07) is 14.9. The van der Waals surface area contributed by atoms with Crippen molar-refractivity contribution in [3.05, 3.63) is 59.7 Å². The number of carbonyl (C=O) groups excluding carboxylic acids is 1. The molecule has 0 heterocycles. The van der Waals surface area contributed by atoms with Crippen molar-refractivity contribution in [1.29, 1.82) is 0 Å². The van der Waals surface area contributed by atoms with Gasteiger partial charge in [-0.1, -0.05) is 45.7 Å². The second-order valence-electron chi connectivity index (χ2n) is 6.48. The Labute approximate surface area is 151 Å². The average molecular weight is 340 g/mol. The topological polar surface area (TPSA) is 35.5 Å². The highest BCUT2D eigenvalue weighted by Gasteiger charge is 2.09. The fourth-order valence-electron chi connectivity index (χ4n) is 2.43. The number of carbonyl (C=O) groups is 1. The summed E-state index contributed by atoms with van der Waals surface area (Å²) in [7, 11) is 0. The molecule has 2 aromatic carbocycles. The van der Waals surface area contributed by atoms with Crippen molar-refractivity contribution in [3.8, 4) is 11.5 Å². The molecule has 0 aromatic heterocycles. The lowest BCUT2D eigenvalue weighted by atomic mass is 9.98. The highest BCUT2D eigenvalue weighted by molar-refractivity contribution is 5.91. The molecule has 2 aromatic rings. The zero-order valence-corrected chi connectivity index (χ0v) is 15.5. The predicted octanol–water partition coefficient (Wildman–Crippen LogP) is 5.67. The van der Waals surface area contributed by atoms with Crippen LogP contribution in [-0.4, -0.2) is 12.6 Å². The lowest BCUT2D eigenvalue weighted by molar-refractivity contribution is 0.0734. The highest BCUT2D eigenvalue weighted by atomic mass is 16.5. The first-order valence-corrected chi connectivity index (χ1v) is 9.16. The van der Waals surface area contributed by atoms with Crippen LogP contribution in [0.2, 0.25) is 0 Å². The van der Waals surface area contributed by atoms with Crippen LogP contribution in [0.5, 0.6) is 11.5 Å². The van der Waals surface area contributed by atoms with E-state index >= 15 is 0 Å². The molecule has 0 fully saturated rings. The van der Waals surface area contributed by atoms with Crippen molar-refractivity contribution in [2.24, 2.45) is 5.92 Å². The summed E-state index contributed by atoms with van der Waals surface area (Å²) < 4.78 is 11.0. The van der Waals surface area contributed by atoms with Gasteiger partial charge in [0, 0.05) is 0 Å². The van der Waals surface area contributed by atoms with Gasteiger partial charge in [-0.25, -0.2) is 4.79 Å². The normalized spacial score (nSPS) is 11.8. The van der Waals surface area contributed by atoms with Gasteiger partial charge < -0.3 is 9.47 Å². The number of rotatable bonds is 9. The smallest absolute Gasteiger partial charge is 0.343 e. The first-order chi connectivity index (χ1) is 12.1. The van der Waals surface area contributed by atoms with E-state index in [0.717, 1.165) is 31.4 Å². The Morgan fingerprint density at radius 1 is 0.960 bits per heavy atom. The van der Waals surface area contributed by atoms with Gasteiger partial charge in [0.2, 0.25) is 0 Å². The molecule has 0 bridgehead atoms. The highest BCUT2D eigenvalue weighted by Crippen LogP contribution is 2.19. The molecule has 0 amide bonds. The number of unbranched alkanes of at least 4 members (excludes halogenated alkanes) is 1. The first kappa shape index (κ1) is 19.0. The van der Waals surface area contributed by atoms with Crippen LogP contribution in [-0.2, 0) is 6.42 Å². The second kappa shape index (κ2) is 9.87. The van der Waals surface area contributed by atoms with Gasteiger partial charge in [-0.3, -0.25) is 0 Å². The second-order valence-corrected chi connectivity index (χ2v) is 6.48. The van der Waals surface area contributed by atoms with Crippen LogP contribution < -0.4 is 9.47 Å². The summed E-state index contributed by atoms with van der Waals surface area (Å²) in [5.74, 6) is 1.63. The SMILES string of the molecule is CCCCOc1ccc(OC(=O)c2ccc(CC(C)CC)cc2)cc1. The van der Waals surface area contributed by atoms with E-state index in [0.29, 0.717) is 23.8 Å². The van der Waals surface area contributed by atoms with Crippen molar-refractivity contribution in [1.82, 2.24) is 0 Å². The minimum atomic E-state index is -0.338. The standard InChI is InChI=1S/C22H28O3/c1-4-6-15-24-20-11-13-21(14-12-20)25-22(23)19-9-7-18(8-10-19)16-17(3)5-2/h7-14,17H,4-6,15-16H2,1-3H3. The molecular formula is C22H28O3. The maximum Gasteiger partial charge on any atom is 0.343 e. The van der Waals surface area contributed by atoms with Crippen LogP contribution in [0.4, 0.5) is 0 Å². The molecule has 0 spiro atoms. The molecule has 0 radical (unpaired) electrons. The fourth-order valence-corrected chi connectivity index (χ4v) is 2.43. The number of esters is 1. The summed E-state index contributed by atoms with van der Waals surface area (Å²) in [5.41, 5.74) is 1.82. The van der Waals surface area contributed by atoms with Gasteiger partial charge in [0.05, 0.1) is 12.2 Å². The minimum absolute atomic E-state index is 0.338. The van der Waals surface area contributed by atoms with Crippen molar-refractivity contribution in [3.63, 3.8) is 0 Å². The van der Waals surface area contributed by atoms with Crippen LogP contribution >= 0.6 is 0 Å². The maximum atomic E-state index is 12.2. The molecule has 2 rings (SSSR count). The summed E-state index contributed by atoms with van der Waals surface area (Å²) in [6.45, 7) is 7.26. The molecule has 0 aliphatic rings. The Kier molecular flexibility index (Phi) is 7.52. The molecule has 0 aliphatic heterocycles. The first-order valence-electron chi connectivity index (χ1n) is 9.16. The average Bonchev–Trinajstić information content (AvgIpc) is 2.64. The van der Waals surface area contributed by atoms with Gasteiger partial charge >= 0.3 is 5.97 Å². The summed E-state index contributed by atoms with van der Waals surface area (Å²) in [6.07, 6.45) is 4.32. The van der Waals surface area contributed by atoms with Crippen LogP contribution in [0.3, 0.4) is 0 Å². The fraction of sp³-hybridized carbons (Fsp3) is 0.409. The van der Waals surface area contributed by atoms with Crippen LogP contribution in [0.15, 0.2) is 48.5 Å². The molecule has 134 valence electrons. The van der Waals surface area contributed by atoms with Gasteiger partial charge in [0.1, 0.15) is 11.5 Å². The largest absolute Gasteiger partial charge is 0.494 e. The van der Waals surface area contributed by atoms with E-state index in [-0.39, 0.29) is 5.97 Å². The van der Waals surface area contributed by atoms with Gasteiger partial charge in [-0.15, -0.1) is 0 Å². The number of ether oxygens (including phenoxy) is 2. The summed E-state index contributed by atoms with van der Waals surface area (Å²) in [4.78, 5) is 12.2. The number of hydrogen-bond donors (Lipinski definition) is 0. The molecule has 0 N–H and O–H groups in total. The van der Waals surface area contributed by atoms with Crippen molar-refractivity contribution < 1.29 is 14.3 Å². The Bertz CT molecular complexity index is 644. The van der Waals surface area contributed by atoms with E-state index in [2.05, 4.69) is 20.8 Å². The Balaban J connectivity index is 1.90. The predicted molar refractivity (Wildman–Crippen MR) is 101 cm³/mol. The Morgan fingerprint density at radius 3 is 2.20 bits per heavy atom. The molecule has 1 atom stereocenters. The third-order valence-electron chi connectivity index (χ3n) is 4.27. The van der Waals surface area contributed by atoms with Gasteiger partial charge in [0.25, 0.3) is 0 Å². The molecule has 1 unspecified atom stereocenters. The molecule has 0 saturated heterocycles. The van der Waals surface area contributed by atoms with Gasteiger partial charge in [-0.05, 0) is 60.7 Å². The zero-order valence-electron chi connectivity index (χ0n) is 15.5. The third-order valence-corrected chi connectivity index (χ3v) is 4.27. The molecule has 3 heteroatoms. The number of hydrogen-bond acceptors (Lipinski definition) is 3. The quantitative estimate of drug-likeness (QED) is 0.335. The van der Waals surface area contributed by atoms with Crippen LogP contribution in [0, 0.1) is 5.92 Å². The van der Waals surface area contributed by atoms with E-state index in [1.807, 2.05) is 36.4 Å². The van der Waals surface area contributed by atoms with Gasteiger partial charge in [0.15, 0.2) is 0 Å². The molecule has 25 heavy (non-hydrogen) atoms. The Morgan fingerprint density at radius 2 is 1.60 bits per heavy atom. The minimum Gasteiger partial charge on any atom is -0.494 e. The summed E-state index contributed by atoms with van der Waals surface area (Å²) in [5, 5.41) is 0. The maximum absolute atomic E-state index is 12.2. The van der Waals surface area contributed by atoms with E-state index in [9.17, 15) is 4.79 Å². The lowest BCUT2D eigenvalue weighted by Crippen LogP contribution is -2.08. The van der Waals surface area contributed by atoms with E-state index in [1.54, 1.807) is 12.1 Å². The van der Waals surface area contributed by atoms with Crippen molar-refractivity contribution >= 4 is 5.97 Å². The number of benzene rings is 2. The monoisotopic (exact) mass is 340 g/mol. The van der Waals surface area contributed by atoms with Crippen LogP contribution in [0.1, 0.15) is 56.0 Å². The van der Waals surface area contributed by atoms with Crippen molar-refractivity contribution in [2.75, 3.05) is 6.61 Å². The van der Waals surface area contributed by atoms with Crippen molar-refractivity contribution in [2.45, 2.75) is 46.5 Å². The zero-order chi connectivity index (χ0) is 18.1. The van der Waals surface area contributed by atoms with E-state index < -0.39 is 0 Å². The molecule has 0 aliphatic carbocycles. The molecule has 0 saturated carbocycles. The molecule has 3 nitrogen and oxygen atoms in total.